The van der Waals surface area contributed by atoms with Crippen LogP contribution in [0.25, 0.3) is 0 Å². The van der Waals surface area contributed by atoms with Crippen LogP contribution in [0, 0.1) is 0 Å². The van der Waals surface area contributed by atoms with Gasteiger partial charge in [-0.25, -0.2) is 13.2 Å². The third-order valence-electron chi connectivity index (χ3n) is 3.98. The lowest BCUT2D eigenvalue weighted by Crippen LogP contribution is -2.49. The van der Waals surface area contributed by atoms with E-state index in [1.807, 2.05) is 6.07 Å². The van der Waals surface area contributed by atoms with Crippen LogP contribution in [-0.4, -0.2) is 60.2 Å². The molecule has 1 aliphatic heterocycles. The molecule has 0 radical (unpaired) electrons. The van der Waals surface area contributed by atoms with Crippen molar-refractivity contribution in [3.63, 3.8) is 0 Å². The molecule has 2 atom stereocenters. The predicted molar refractivity (Wildman–Crippen MR) is 84.5 cm³/mol. The molecule has 2 heterocycles. The highest BCUT2D eigenvalue weighted by Crippen LogP contribution is 2.25. The van der Waals surface area contributed by atoms with Gasteiger partial charge in [0.25, 0.3) is 0 Å². The minimum Gasteiger partial charge on any atom is -0.335 e. The van der Waals surface area contributed by atoms with Crippen LogP contribution in [0.4, 0.5) is 4.79 Å². The molecule has 0 aliphatic carbocycles. The Morgan fingerprint density at radius 3 is 3.00 bits per heavy atom. The van der Waals surface area contributed by atoms with Crippen LogP contribution in [0.15, 0.2) is 12.3 Å². The zero-order valence-electron chi connectivity index (χ0n) is 13.1. The van der Waals surface area contributed by atoms with E-state index in [-0.39, 0.29) is 29.5 Å². The van der Waals surface area contributed by atoms with Crippen LogP contribution in [-0.2, 0) is 9.84 Å². The van der Waals surface area contributed by atoms with Gasteiger partial charge in [0.05, 0.1) is 5.75 Å². The first-order valence-electron chi connectivity index (χ1n) is 7.66. The zero-order valence-corrected chi connectivity index (χ0v) is 13.9. The number of urea groups is 1. The van der Waals surface area contributed by atoms with Gasteiger partial charge in [0.1, 0.15) is 0 Å². The first-order valence-corrected chi connectivity index (χ1v) is 9.48. The average molecular weight is 328 g/mol. The quantitative estimate of drug-likeness (QED) is 0.847. The number of likely N-dealkylation sites (tertiary alicyclic amines) is 1. The first-order chi connectivity index (χ1) is 10.4. The van der Waals surface area contributed by atoms with E-state index in [1.54, 1.807) is 24.9 Å². The van der Waals surface area contributed by atoms with Crippen LogP contribution in [0.1, 0.15) is 38.3 Å². The van der Waals surface area contributed by atoms with E-state index in [1.165, 1.54) is 0 Å². The van der Waals surface area contributed by atoms with Gasteiger partial charge in [0.15, 0.2) is 9.84 Å². The SMILES string of the molecule is CCS(=O)(=O)C[C@H](C)NC(=O)N1CCC[C@H](c2ccn[nH]2)C1. The van der Waals surface area contributed by atoms with E-state index in [4.69, 9.17) is 0 Å². The molecule has 1 aromatic heterocycles. The van der Waals surface area contributed by atoms with Gasteiger partial charge >= 0.3 is 6.03 Å². The number of H-pyrrole nitrogens is 1. The Morgan fingerprint density at radius 2 is 2.36 bits per heavy atom. The van der Waals surface area contributed by atoms with Crippen molar-refractivity contribution in [2.45, 2.75) is 38.6 Å². The van der Waals surface area contributed by atoms with E-state index in [0.29, 0.717) is 13.1 Å². The van der Waals surface area contributed by atoms with E-state index >= 15 is 0 Å². The first kappa shape index (κ1) is 16.8. The second-order valence-electron chi connectivity index (χ2n) is 5.85. The van der Waals surface area contributed by atoms with Crippen molar-refractivity contribution in [2.24, 2.45) is 0 Å². The number of carbonyl (C=O) groups is 1. The van der Waals surface area contributed by atoms with Crippen LogP contribution < -0.4 is 5.32 Å². The maximum absolute atomic E-state index is 12.3. The molecule has 22 heavy (non-hydrogen) atoms. The number of hydrogen-bond donors (Lipinski definition) is 2. The van der Waals surface area contributed by atoms with Crippen LogP contribution in [0.5, 0.6) is 0 Å². The lowest BCUT2D eigenvalue weighted by molar-refractivity contribution is 0.177. The molecular formula is C14H24N4O3S. The van der Waals surface area contributed by atoms with Gasteiger partial charge in [0.2, 0.25) is 0 Å². The van der Waals surface area contributed by atoms with Crippen molar-refractivity contribution in [3.05, 3.63) is 18.0 Å². The second kappa shape index (κ2) is 7.13. The fraction of sp³-hybridized carbons (Fsp3) is 0.714. The molecule has 0 bridgehead atoms. The van der Waals surface area contributed by atoms with Crippen molar-refractivity contribution < 1.29 is 13.2 Å². The Kier molecular flexibility index (Phi) is 5.44. The summed E-state index contributed by atoms with van der Waals surface area (Å²) in [5.41, 5.74) is 1.04. The lowest BCUT2D eigenvalue weighted by Gasteiger charge is -2.33. The normalized spacial score (nSPS) is 20.6. The molecule has 0 unspecified atom stereocenters. The molecule has 0 spiro atoms. The monoisotopic (exact) mass is 328 g/mol. The third-order valence-corrected chi connectivity index (χ3v) is 5.87. The van der Waals surface area contributed by atoms with Crippen molar-refractivity contribution in [1.29, 1.82) is 0 Å². The number of amides is 2. The Labute approximate surface area is 131 Å². The maximum Gasteiger partial charge on any atom is 0.317 e. The molecule has 1 aliphatic rings. The standard InChI is InChI=1S/C14H24N4O3S/c1-3-22(20,21)10-11(2)16-14(19)18-8-4-5-12(9-18)13-6-7-15-17-13/h6-7,11-12H,3-5,8-10H2,1-2H3,(H,15,17)(H,16,19)/t11-,12-/m0/s1. The summed E-state index contributed by atoms with van der Waals surface area (Å²) >= 11 is 0. The smallest absolute Gasteiger partial charge is 0.317 e. The number of aromatic nitrogens is 2. The molecule has 7 nitrogen and oxygen atoms in total. The molecule has 2 N–H and O–H groups in total. The molecular weight excluding hydrogens is 304 g/mol. The van der Waals surface area contributed by atoms with Crippen molar-refractivity contribution >= 4 is 15.9 Å². The molecule has 1 fully saturated rings. The summed E-state index contributed by atoms with van der Waals surface area (Å²) < 4.78 is 23.2. The molecule has 0 aromatic carbocycles. The highest BCUT2D eigenvalue weighted by molar-refractivity contribution is 7.91. The van der Waals surface area contributed by atoms with Gasteiger partial charge in [-0.2, -0.15) is 5.10 Å². The number of hydrogen-bond acceptors (Lipinski definition) is 4. The predicted octanol–water partition coefficient (Wildman–Crippen LogP) is 1.12. The Hall–Kier alpha value is -1.57. The highest BCUT2D eigenvalue weighted by Gasteiger charge is 2.26. The minimum absolute atomic E-state index is 0.0208. The summed E-state index contributed by atoms with van der Waals surface area (Å²) in [5, 5.41) is 9.70. The van der Waals surface area contributed by atoms with E-state index in [2.05, 4.69) is 15.5 Å². The summed E-state index contributed by atoms with van der Waals surface area (Å²) in [6.45, 7) is 4.66. The number of nitrogens with zero attached hydrogens (tertiary/aromatic N) is 2. The van der Waals surface area contributed by atoms with Crippen LogP contribution in [0.3, 0.4) is 0 Å². The van der Waals surface area contributed by atoms with Gasteiger partial charge in [-0.05, 0) is 25.8 Å². The van der Waals surface area contributed by atoms with Gasteiger partial charge < -0.3 is 10.2 Å². The molecule has 1 aromatic rings. The van der Waals surface area contributed by atoms with Crippen molar-refractivity contribution in [2.75, 3.05) is 24.6 Å². The fourth-order valence-corrected chi connectivity index (χ4v) is 3.83. The van der Waals surface area contributed by atoms with E-state index in [0.717, 1.165) is 18.5 Å². The molecule has 8 heteroatoms. The summed E-state index contributed by atoms with van der Waals surface area (Å²) in [4.78, 5) is 14.0. The summed E-state index contributed by atoms with van der Waals surface area (Å²) in [5.74, 6) is 0.336. The summed E-state index contributed by atoms with van der Waals surface area (Å²) in [6.07, 6.45) is 3.66. The second-order valence-corrected chi connectivity index (χ2v) is 8.24. The van der Waals surface area contributed by atoms with E-state index in [9.17, 15) is 13.2 Å². The zero-order chi connectivity index (χ0) is 16.2. The third kappa shape index (κ3) is 4.46. The van der Waals surface area contributed by atoms with E-state index < -0.39 is 9.84 Å². The van der Waals surface area contributed by atoms with Crippen molar-refractivity contribution in [1.82, 2.24) is 20.4 Å². The van der Waals surface area contributed by atoms with Gasteiger partial charge in [-0.1, -0.05) is 6.92 Å². The van der Waals surface area contributed by atoms with Crippen LogP contribution in [0.2, 0.25) is 0 Å². The highest BCUT2D eigenvalue weighted by atomic mass is 32.2. The average Bonchev–Trinajstić information content (AvgIpc) is 3.01. The molecule has 1 saturated heterocycles. The Balaban J connectivity index is 1.89. The van der Waals surface area contributed by atoms with Crippen LogP contribution >= 0.6 is 0 Å². The van der Waals surface area contributed by atoms with Gasteiger partial charge in [0, 0.05) is 42.7 Å². The molecule has 0 saturated carbocycles. The Morgan fingerprint density at radius 1 is 1.59 bits per heavy atom. The number of nitrogens with one attached hydrogen (secondary N) is 2. The van der Waals surface area contributed by atoms with Gasteiger partial charge in [-0.15, -0.1) is 0 Å². The lowest BCUT2D eigenvalue weighted by atomic mass is 9.95. The molecule has 2 amide bonds. The topological polar surface area (TPSA) is 95.2 Å². The number of piperidine rings is 1. The number of rotatable bonds is 5. The summed E-state index contributed by atoms with van der Waals surface area (Å²) in [6, 6.07) is 1.36. The minimum atomic E-state index is -3.09. The number of aromatic amines is 1. The molecule has 2 rings (SSSR count). The summed E-state index contributed by atoms with van der Waals surface area (Å²) in [7, 11) is -3.09. The molecule has 124 valence electrons. The maximum atomic E-state index is 12.3. The Bertz CT molecular complexity index is 585. The van der Waals surface area contributed by atoms with Crippen molar-refractivity contribution in [3.8, 4) is 0 Å². The van der Waals surface area contributed by atoms with Gasteiger partial charge in [-0.3, -0.25) is 5.10 Å². The number of sulfone groups is 1. The largest absolute Gasteiger partial charge is 0.335 e. The fourth-order valence-electron chi connectivity index (χ4n) is 2.75. The number of carbonyl (C=O) groups excluding carboxylic acids is 1.